The van der Waals surface area contributed by atoms with E-state index >= 15 is 0 Å². The molecule has 0 amide bonds. The van der Waals surface area contributed by atoms with Gasteiger partial charge in [-0.25, -0.2) is 0 Å². The Morgan fingerprint density at radius 3 is 0.895 bits per heavy atom. The number of fused-ring (bicyclic) bond motifs is 10. The summed E-state index contributed by atoms with van der Waals surface area (Å²) in [6.07, 6.45) is 0. The summed E-state index contributed by atoms with van der Waals surface area (Å²) in [4.78, 5) is 5.07. The monoisotopic (exact) mass is 1100 g/mol. The van der Waals surface area contributed by atoms with Gasteiger partial charge in [-0.3, -0.25) is 0 Å². The standard InChI is InChI=1S/C81H61N5/c1-51-38-42-67-58(46-51)59-47-52(2)39-43-68(59)83(67)76-62(50-82)77(84-69-44-40-53(3)48-60(69)61-49-54(4)41-45-70(61)84)79(86-73-36-22-18-32-65(73)81(6,57-28-14-9-15-29-57)66-33-19-23-37-74(66)86)75(55-24-10-7-11-25-55)78(76)85-71-34-20-16-30-63(71)80(5,56-26-12-8-13-27-56)64-31-17-21-35-72(64)85/h7-49H,1-6H3. The molecule has 0 atom stereocenters. The molecule has 0 aliphatic carbocycles. The lowest BCUT2D eigenvalue weighted by Gasteiger charge is -2.47. The molecule has 0 fully saturated rings. The number of benzene rings is 12. The molecular weight excluding hydrogens is 1040 g/mol. The first-order valence-electron chi connectivity index (χ1n) is 29.9. The number of nitriles is 1. The van der Waals surface area contributed by atoms with Crippen LogP contribution in [-0.4, -0.2) is 9.13 Å². The van der Waals surface area contributed by atoms with Crippen LogP contribution in [0.3, 0.4) is 0 Å². The number of nitrogens with zero attached hydrogens (tertiary/aromatic N) is 5. The second-order valence-corrected chi connectivity index (χ2v) is 24.1. The molecule has 0 spiro atoms. The first-order chi connectivity index (χ1) is 42.1. The maximum absolute atomic E-state index is 13.3. The van der Waals surface area contributed by atoms with Crippen molar-refractivity contribution in [2.75, 3.05) is 9.80 Å². The fraction of sp³-hybridized carbons (Fsp3) is 0.0988. The number of para-hydroxylation sites is 4. The van der Waals surface area contributed by atoms with Crippen LogP contribution in [0.5, 0.6) is 0 Å². The highest BCUT2D eigenvalue weighted by Crippen LogP contribution is 2.64. The first kappa shape index (κ1) is 51.0. The van der Waals surface area contributed by atoms with E-state index in [1.165, 1.54) is 33.4 Å². The summed E-state index contributed by atoms with van der Waals surface area (Å²) >= 11 is 0. The van der Waals surface area contributed by atoms with Gasteiger partial charge in [-0.15, -0.1) is 0 Å². The second kappa shape index (κ2) is 19.2. The van der Waals surface area contributed by atoms with Gasteiger partial charge in [-0.05, 0) is 153 Å². The van der Waals surface area contributed by atoms with Gasteiger partial charge in [0.1, 0.15) is 11.6 Å². The minimum atomic E-state index is -0.577. The van der Waals surface area contributed by atoms with Crippen LogP contribution in [0.2, 0.25) is 0 Å². The van der Waals surface area contributed by atoms with E-state index in [2.05, 4.69) is 327 Å². The number of anilines is 6. The average molecular weight is 1100 g/mol. The van der Waals surface area contributed by atoms with Crippen molar-refractivity contribution in [1.29, 1.82) is 5.26 Å². The van der Waals surface area contributed by atoms with Crippen LogP contribution >= 0.6 is 0 Å². The third-order valence-corrected chi connectivity index (χ3v) is 19.1. The zero-order valence-electron chi connectivity index (χ0n) is 49.1. The summed E-state index contributed by atoms with van der Waals surface area (Å²) in [6.45, 7) is 13.5. The Morgan fingerprint density at radius 1 is 0.314 bits per heavy atom. The Labute approximate surface area is 502 Å². The summed E-state index contributed by atoms with van der Waals surface area (Å²) in [5.41, 5.74) is 24.6. The number of aryl methyl sites for hydroxylation is 4. The highest BCUT2D eigenvalue weighted by Gasteiger charge is 2.47. The summed E-state index contributed by atoms with van der Waals surface area (Å²) < 4.78 is 4.89. The van der Waals surface area contributed by atoms with Gasteiger partial charge in [0.25, 0.3) is 0 Å². The van der Waals surface area contributed by atoms with E-state index in [0.29, 0.717) is 5.56 Å². The fourth-order valence-electron chi connectivity index (χ4n) is 15.1. The van der Waals surface area contributed by atoms with Gasteiger partial charge in [-0.1, -0.05) is 210 Å². The molecule has 2 aromatic heterocycles. The number of rotatable bonds is 7. The van der Waals surface area contributed by atoms with Crippen molar-refractivity contribution in [3.63, 3.8) is 0 Å². The van der Waals surface area contributed by atoms with Gasteiger partial charge in [0, 0.05) is 37.9 Å². The lowest BCUT2D eigenvalue weighted by molar-refractivity contribution is 0.680. The van der Waals surface area contributed by atoms with Crippen molar-refractivity contribution in [1.82, 2.24) is 9.13 Å². The van der Waals surface area contributed by atoms with Crippen molar-refractivity contribution in [2.24, 2.45) is 0 Å². The van der Waals surface area contributed by atoms with Gasteiger partial charge in [0.15, 0.2) is 0 Å². The number of hydrogen-bond acceptors (Lipinski definition) is 3. The predicted molar refractivity (Wildman–Crippen MR) is 358 cm³/mol. The molecule has 16 rings (SSSR count). The lowest BCUT2D eigenvalue weighted by atomic mass is 9.67. The molecule has 4 heterocycles. The Bertz CT molecular complexity index is 4650. The highest BCUT2D eigenvalue weighted by molar-refractivity contribution is 6.17. The molecule has 0 bridgehead atoms. The highest BCUT2D eigenvalue weighted by atomic mass is 15.2. The molecule has 2 aliphatic heterocycles. The molecule has 12 aromatic carbocycles. The topological polar surface area (TPSA) is 40.1 Å². The first-order valence-corrected chi connectivity index (χ1v) is 29.9. The molecule has 0 saturated heterocycles. The van der Waals surface area contributed by atoms with E-state index in [0.717, 1.165) is 122 Å². The van der Waals surface area contributed by atoms with Crippen LogP contribution in [0.15, 0.2) is 261 Å². The number of hydrogen-bond donors (Lipinski definition) is 0. The summed E-state index contributed by atoms with van der Waals surface area (Å²) in [5, 5.41) is 17.8. The van der Waals surface area contributed by atoms with Crippen LogP contribution in [0.1, 0.15) is 75.0 Å². The van der Waals surface area contributed by atoms with Crippen LogP contribution in [0, 0.1) is 39.0 Å². The summed E-state index contributed by atoms with van der Waals surface area (Å²) in [5.74, 6) is 0. The van der Waals surface area contributed by atoms with E-state index in [9.17, 15) is 5.26 Å². The van der Waals surface area contributed by atoms with Crippen LogP contribution < -0.4 is 9.80 Å². The quantitative estimate of drug-likeness (QED) is 0.160. The van der Waals surface area contributed by atoms with Gasteiger partial charge in [-0.2, -0.15) is 5.26 Å². The Balaban J connectivity index is 1.21. The molecule has 14 aromatic rings. The molecular formula is C81H61N5. The summed E-state index contributed by atoms with van der Waals surface area (Å²) in [7, 11) is 0. The molecule has 0 saturated carbocycles. The van der Waals surface area contributed by atoms with E-state index in [1.807, 2.05) is 0 Å². The van der Waals surface area contributed by atoms with Crippen molar-refractivity contribution in [2.45, 2.75) is 52.4 Å². The zero-order valence-corrected chi connectivity index (χ0v) is 49.1. The molecule has 86 heavy (non-hydrogen) atoms. The lowest BCUT2D eigenvalue weighted by Crippen LogP contribution is -2.36. The van der Waals surface area contributed by atoms with E-state index in [1.54, 1.807) is 0 Å². The van der Waals surface area contributed by atoms with Crippen LogP contribution in [0.4, 0.5) is 34.1 Å². The Kier molecular flexibility index (Phi) is 11.4. The molecule has 0 N–H and O–H groups in total. The van der Waals surface area contributed by atoms with Crippen molar-refractivity contribution >= 4 is 77.7 Å². The van der Waals surface area contributed by atoms with E-state index in [-0.39, 0.29) is 0 Å². The van der Waals surface area contributed by atoms with Crippen LogP contribution in [0.25, 0.3) is 66.1 Å². The Hall–Kier alpha value is -10.7. The maximum atomic E-state index is 13.3. The average Bonchev–Trinajstić information content (AvgIpc) is 1.13. The van der Waals surface area contributed by atoms with Crippen LogP contribution in [-0.2, 0) is 10.8 Å². The fourth-order valence-corrected chi connectivity index (χ4v) is 15.1. The molecule has 5 nitrogen and oxygen atoms in total. The van der Waals surface area contributed by atoms with E-state index < -0.39 is 10.8 Å². The van der Waals surface area contributed by atoms with Gasteiger partial charge >= 0.3 is 0 Å². The Morgan fingerprint density at radius 2 is 0.593 bits per heavy atom. The molecule has 0 unspecified atom stereocenters. The smallest absolute Gasteiger partial charge is 0.104 e. The second-order valence-electron chi connectivity index (χ2n) is 24.1. The predicted octanol–water partition coefficient (Wildman–Crippen LogP) is 20.9. The third kappa shape index (κ3) is 7.17. The minimum absolute atomic E-state index is 0.535. The molecule has 2 aliphatic rings. The molecule has 410 valence electrons. The third-order valence-electron chi connectivity index (χ3n) is 19.1. The van der Waals surface area contributed by atoms with E-state index in [4.69, 9.17) is 0 Å². The maximum Gasteiger partial charge on any atom is 0.104 e. The van der Waals surface area contributed by atoms with Crippen molar-refractivity contribution in [3.05, 3.63) is 322 Å². The number of aromatic nitrogens is 2. The van der Waals surface area contributed by atoms with Gasteiger partial charge in [0.05, 0.1) is 67.6 Å². The minimum Gasteiger partial charge on any atom is -0.307 e. The van der Waals surface area contributed by atoms with Gasteiger partial charge in [0.2, 0.25) is 0 Å². The largest absolute Gasteiger partial charge is 0.307 e. The zero-order chi connectivity index (χ0) is 58.2. The summed E-state index contributed by atoms with van der Waals surface area (Å²) in [6, 6.07) is 99.5. The van der Waals surface area contributed by atoms with Crippen molar-refractivity contribution < 1.29 is 0 Å². The van der Waals surface area contributed by atoms with Gasteiger partial charge < -0.3 is 18.9 Å². The normalized spacial score (nSPS) is 13.8. The van der Waals surface area contributed by atoms with Crippen molar-refractivity contribution in [3.8, 4) is 28.6 Å². The molecule has 5 heteroatoms. The SMILES string of the molecule is Cc1ccc2c(c1)c1cc(C)ccc1n2-c1c(C#N)c(-n2c3ccc(C)cc3c3cc(C)ccc32)c(N2c3ccccc3C(C)(c3ccccc3)c3ccccc32)c(-c2ccccc2)c1N1c2ccccc2C(C)(c2ccccc2)c2ccccc21. The molecule has 0 radical (unpaired) electrons.